The van der Waals surface area contributed by atoms with Crippen molar-refractivity contribution in [2.75, 3.05) is 13.1 Å². The standard InChI is InChI=1S/C13H17N7O/c1-7(9-6-16-19-17-9)11-10-8(2-3-14-11)18-20-5-4-15-13(21)12(10)20/h6-7,11,14H,2-5H2,1H3,(H,15,21)(H,16,17,19)/t7-,11?/m1/s1. The maximum Gasteiger partial charge on any atom is 0.269 e. The predicted molar refractivity (Wildman–Crippen MR) is 73.8 cm³/mol. The lowest BCUT2D eigenvalue weighted by atomic mass is 9.87. The molecular formula is C13H17N7O. The number of hydrogen-bond donors (Lipinski definition) is 3. The smallest absolute Gasteiger partial charge is 0.269 e. The van der Waals surface area contributed by atoms with Crippen LogP contribution in [0, 0.1) is 0 Å². The fraction of sp³-hybridized carbons (Fsp3) is 0.538. The molecule has 3 N–H and O–H groups in total. The molecule has 21 heavy (non-hydrogen) atoms. The van der Waals surface area contributed by atoms with E-state index in [1.165, 1.54) is 0 Å². The highest BCUT2D eigenvalue weighted by molar-refractivity contribution is 5.95. The van der Waals surface area contributed by atoms with E-state index in [0.717, 1.165) is 36.5 Å². The van der Waals surface area contributed by atoms with Gasteiger partial charge in [0.1, 0.15) is 5.69 Å². The van der Waals surface area contributed by atoms with Crippen molar-refractivity contribution in [3.8, 4) is 0 Å². The zero-order valence-electron chi connectivity index (χ0n) is 11.8. The Labute approximate surface area is 121 Å². The van der Waals surface area contributed by atoms with Crippen LogP contribution in [0.2, 0.25) is 0 Å². The first-order chi connectivity index (χ1) is 10.3. The summed E-state index contributed by atoms with van der Waals surface area (Å²) < 4.78 is 1.85. The number of H-pyrrole nitrogens is 1. The van der Waals surface area contributed by atoms with Gasteiger partial charge in [-0.3, -0.25) is 14.6 Å². The predicted octanol–water partition coefficient (Wildman–Crippen LogP) is -0.265. The minimum Gasteiger partial charge on any atom is -0.349 e. The lowest BCUT2D eigenvalue weighted by Gasteiger charge is -2.29. The molecular weight excluding hydrogens is 270 g/mol. The monoisotopic (exact) mass is 287 g/mol. The van der Waals surface area contributed by atoms with Crippen LogP contribution in [0.4, 0.5) is 0 Å². The van der Waals surface area contributed by atoms with Gasteiger partial charge in [0.2, 0.25) is 0 Å². The van der Waals surface area contributed by atoms with Crippen molar-refractivity contribution in [2.24, 2.45) is 0 Å². The summed E-state index contributed by atoms with van der Waals surface area (Å²) in [5.41, 5.74) is 3.63. The van der Waals surface area contributed by atoms with E-state index in [0.29, 0.717) is 12.2 Å². The maximum atomic E-state index is 12.2. The molecule has 8 nitrogen and oxygen atoms in total. The van der Waals surface area contributed by atoms with Gasteiger partial charge >= 0.3 is 0 Å². The maximum absolute atomic E-state index is 12.2. The molecule has 0 bridgehead atoms. The van der Waals surface area contributed by atoms with Gasteiger partial charge in [0.05, 0.1) is 17.9 Å². The first kappa shape index (κ1) is 12.5. The minimum absolute atomic E-state index is 0.0314. The molecule has 2 aromatic rings. The summed E-state index contributed by atoms with van der Waals surface area (Å²) in [5.74, 6) is 0.0856. The third kappa shape index (κ3) is 1.86. The lowest BCUT2D eigenvalue weighted by molar-refractivity contribution is 0.0922. The molecule has 1 amide bonds. The summed E-state index contributed by atoms with van der Waals surface area (Å²) in [6.07, 6.45) is 2.65. The van der Waals surface area contributed by atoms with Crippen LogP contribution in [0.15, 0.2) is 6.20 Å². The van der Waals surface area contributed by atoms with Crippen molar-refractivity contribution in [2.45, 2.75) is 31.8 Å². The number of nitrogens with one attached hydrogen (secondary N) is 3. The van der Waals surface area contributed by atoms with E-state index in [9.17, 15) is 4.79 Å². The molecule has 0 fully saturated rings. The molecule has 2 atom stereocenters. The number of nitrogens with zero attached hydrogens (tertiary/aromatic N) is 4. The number of amides is 1. The van der Waals surface area contributed by atoms with Crippen LogP contribution in [0.1, 0.15) is 46.3 Å². The zero-order valence-corrected chi connectivity index (χ0v) is 11.8. The lowest BCUT2D eigenvalue weighted by Crippen LogP contribution is -2.38. The van der Waals surface area contributed by atoms with Crippen molar-refractivity contribution >= 4 is 5.91 Å². The molecule has 0 spiro atoms. The van der Waals surface area contributed by atoms with E-state index in [2.05, 4.69) is 38.1 Å². The highest BCUT2D eigenvalue weighted by atomic mass is 16.2. The molecule has 2 aromatic heterocycles. The van der Waals surface area contributed by atoms with Crippen molar-refractivity contribution in [3.05, 3.63) is 28.8 Å². The van der Waals surface area contributed by atoms with E-state index in [4.69, 9.17) is 0 Å². The van der Waals surface area contributed by atoms with Gasteiger partial charge in [-0.15, -0.1) is 5.10 Å². The Balaban J connectivity index is 1.80. The molecule has 4 heterocycles. The van der Waals surface area contributed by atoms with Gasteiger partial charge in [-0.2, -0.15) is 5.10 Å². The fourth-order valence-electron chi connectivity index (χ4n) is 3.28. The molecule has 4 rings (SSSR count). The number of aromatic amines is 1. The number of carbonyl (C=O) groups is 1. The van der Waals surface area contributed by atoms with Crippen molar-refractivity contribution < 1.29 is 4.79 Å². The Morgan fingerprint density at radius 2 is 2.33 bits per heavy atom. The first-order valence-electron chi connectivity index (χ1n) is 7.23. The second-order valence-corrected chi connectivity index (χ2v) is 5.56. The molecule has 1 unspecified atom stereocenters. The average molecular weight is 287 g/mol. The topological polar surface area (TPSA) is 101 Å². The minimum atomic E-state index is -0.0314. The normalized spacial score (nSPS) is 22.3. The molecule has 0 saturated carbocycles. The summed E-state index contributed by atoms with van der Waals surface area (Å²) in [6, 6.07) is 0.0337. The fourth-order valence-corrected chi connectivity index (χ4v) is 3.28. The van der Waals surface area contributed by atoms with Crippen molar-refractivity contribution in [3.63, 3.8) is 0 Å². The van der Waals surface area contributed by atoms with E-state index >= 15 is 0 Å². The number of hydrogen-bond acceptors (Lipinski definition) is 5. The van der Waals surface area contributed by atoms with E-state index in [-0.39, 0.29) is 17.9 Å². The van der Waals surface area contributed by atoms with Gasteiger partial charge in [-0.05, 0) is 0 Å². The Bertz CT molecular complexity index is 675. The molecule has 8 heteroatoms. The van der Waals surface area contributed by atoms with Gasteiger partial charge in [0.25, 0.3) is 5.91 Å². The largest absolute Gasteiger partial charge is 0.349 e. The highest BCUT2D eigenvalue weighted by Gasteiger charge is 2.36. The summed E-state index contributed by atoms with van der Waals surface area (Å²) in [6.45, 7) is 4.33. The van der Waals surface area contributed by atoms with Gasteiger partial charge < -0.3 is 10.6 Å². The Kier molecular flexibility index (Phi) is 2.78. The second kappa shape index (κ2) is 4.66. The summed E-state index contributed by atoms with van der Waals surface area (Å²) >= 11 is 0. The summed E-state index contributed by atoms with van der Waals surface area (Å²) in [4.78, 5) is 12.2. The van der Waals surface area contributed by atoms with Crippen LogP contribution in [0.5, 0.6) is 0 Å². The van der Waals surface area contributed by atoms with Crippen molar-refractivity contribution in [1.29, 1.82) is 0 Å². The molecule has 0 saturated heterocycles. The zero-order chi connectivity index (χ0) is 14.4. The number of aromatic nitrogens is 5. The Morgan fingerprint density at radius 3 is 3.14 bits per heavy atom. The SMILES string of the molecule is C[C@H](c1c[nH]nn1)C1NCCc2nn3c(c21)C(=O)NCC3. The van der Waals surface area contributed by atoms with Gasteiger partial charge in [-0.25, -0.2) is 0 Å². The average Bonchev–Trinajstić information content (AvgIpc) is 3.13. The third-order valence-electron chi connectivity index (χ3n) is 4.33. The van der Waals surface area contributed by atoms with Gasteiger partial charge in [-0.1, -0.05) is 12.1 Å². The third-order valence-corrected chi connectivity index (χ3v) is 4.33. The second-order valence-electron chi connectivity index (χ2n) is 5.56. The summed E-state index contributed by atoms with van der Waals surface area (Å²) in [7, 11) is 0. The van der Waals surface area contributed by atoms with Crippen LogP contribution in [0.3, 0.4) is 0 Å². The molecule has 0 aliphatic carbocycles. The van der Waals surface area contributed by atoms with Crippen LogP contribution in [-0.2, 0) is 13.0 Å². The highest BCUT2D eigenvalue weighted by Crippen LogP contribution is 2.36. The van der Waals surface area contributed by atoms with Crippen LogP contribution in [-0.4, -0.2) is 44.2 Å². The van der Waals surface area contributed by atoms with Crippen LogP contribution in [0.25, 0.3) is 0 Å². The van der Waals surface area contributed by atoms with Crippen LogP contribution < -0.4 is 10.6 Å². The number of fused-ring (bicyclic) bond motifs is 3. The first-order valence-corrected chi connectivity index (χ1v) is 7.23. The van der Waals surface area contributed by atoms with Crippen molar-refractivity contribution in [1.82, 2.24) is 35.8 Å². The molecule has 2 aliphatic rings. The molecule has 2 aliphatic heterocycles. The summed E-state index contributed by atoms with van der Waals surface area (Å²) in [5, 5.41) is 21.7. The van der Waals surface area contributed by atoms with E-state index in [1.807, 2.05) is 4.68 Å². The van der Waals surface area contributed by atoms with Crippen LogP contribution >= 0.6 is 0 Å². The van der Waals surface area contributed by atoms with Gasteiger partial charge in [0.15, 0.2) is 0 Å². The Morgan fingerprint density at radius 1 is 1.43 bits per heavy atom. The number of rotatable bonds is 2. The molecule has 0 aromatic carbocycles. The number of carbonyl (C=O) groups excluding carboxylic acids is 1. The van der Waals surface area contributed by atoms with E-state index in [1.54, 1.807) is 6.20 Å². The van der Waals surface area contributed by atoms with E-state index < -0.39 is 0 Å². The quantitative estimate of drug-likeness (QED) is 0.706. The Hall–Kier alpha value is -2.22. The molecule has 110 valence electrons. The molecule has 0 radical (unpaired) electrons. The van der Waals surface area contributed by atoms with Gasteiger partial charge in [0, 0.05) is 43.2 Å².